The molecule has 0 aromatic heterocycles. The Morgan fingerprint density at radius 2 is 2.09 bits per heavy atom. The Labute approximate surface area is 141 Å². The van der Waals surface area contributed by atoms with Crippen LogP contribution in [0.3, 0.4) is 0 Å². The molecule has 0 unspecified atom stereocenters. The molecule has 0 saturated carbocycles. The van der Waals surface area contributed by atoms with Crippen LogP contribution in [-0.2, 0) is 4.74 Å². The fraction of sp³-hybridized carbons (Fsp3) is 0.533. The molecular weight excluding hydrogens is 324 g/mol. The minimum Gasteiger partial charge on any atom is -0.506 e. The number of ether oxygens (including phenoxy) is 2. The molecule has 22 heavy (non-hydrogen) atoms. The number of nitrogens with one attached hydrogen (secondary N) is 2. The summed E-state index contributed by atoms with van der Waals surface area (Å²) < 4.78 is 10.9. The summed E-state index contributed by atoms with van der Waals surface area (Å²) in [4.78, 5) is 0. The molecule has 7 heteroatoms. The minimum absolute atomic E-state index is 0.0246. The summed E-state index contributed by atoms with van der Waals surface area (Å²) in [6.07, 6.45) is 1.89. The fourth-order valence-corrected chi connectivity index (χ4v) is 2.07. The van der Waals surface area contributed by atoms with E-state index in [9.17, 15) is 5.11 Å². The average molecular weight is 347 g/mol. The van der Waals surface area contributed by atoms with Gasteiger partial charge in [0, 0.05) is 31.9 Å². The largest absolute Gasteiger partial charge is 0.506 e. The average Bonchev–Trinajstić information content (AvgIpc) is 2.48. The van der Waals surface area contributed by atoms with E-state index in [1.54, 1.807) is 6.07 Å². The standard InChI is InChI=1S/C15H23ClN2O3S/c1-3-7-20-8-5-6-17-15(22)18-12-10-13(19)11(16)9-14(12)21-4-2/h9-10,19H,3-8H2,1-2H3,(H2,17,18,22). The summed E-state index contributed by atoms with van der Waals surface area (Å²) in [6, 6.07) is 3.05. The highest BCUT2D eigenvalue weighted by Crippen LogP contribution is 2.35. The van der Waals surface area contributed by atoms with E-state index in [4.69, 9.17) is 33.3 Å². The van der Waals surface area contributed by atoms with Gasteiger partial charge in [0.05, 0.1) is 17.3 Å². The number of phenols is 1. The number of phenolic OH excluding ortho intramolecular Hbond substituents is 1. The fourth-order valence-electron chi connectivity index (χ4n) is 1.71. The molecule has 0 aliphatic rings. The van der Waals surface area contributed by atoms with Gasteiger partial charge in [0.2, 0.25) is 0 Å². The monoisotopic (exact) mass is 346 g/mol. The number of rotatable bonds is 9. The molecule has 1 aromatic rings. The van der Waals surface area contributed by atoms with Gasteiger partial charge in [-0.15, -0.1) is 0 Å². The molecule has 5 nitrogen and oxygen atoms in total. The zero-order valence-electron chi connectivity index (χ0n) is 12.9. The van der Waals surface area contributed by atoms with E-state index in [1.807, 2.05) is 6.92 Å². The Bertz CT molecular complexity index is 486. The zero-order valence-corrected chi connectivity index (χ0v) is 14.5. The highest BCUT2D eigenvalue weighted by molar-refractivity contribution is 7.80. The van der Waals surface area contributed by atoms with Crippen LogP contribution in [0.5, 0.6) is 11.5 Å². The third-order valence-electron chi connectivity index (χ3n) is 2.70. The van der Waals surface area contributed by atoms with Crippen LogP contribution >= 0.6 is 23.8 Å². The van der Waals surface area contributed by atoms with E-state index in [1.165, 1.54) is 6.07 Å². The Morgan fingerprint density at radius 3 is 2.77 bits per heavy atom. The molecular formula is C15H23ClN2O3S. The van der Waals surface area contributed by atoms with Crippen molar-refractivity contribution in [3.05, 3.63) is 17.2 Å². The third-order valence-corrected chi connectivity index (χ3v) is 3.25. The highest BCUT2D eigenvalue weighted by atomic mass is 35.5. The van der Waals surface area contributed by atoms with Crippen LogP contribution in [0.15, 0.2) is 12.1 Å². The van der Waals surface area contributed by atoms with Crippen LogP contribution < -0.4 is 15.4 Å². The molecule has 0 aliphatic heterocycles. The smallest absolute Gasteiger partial charge is 0.170 e. The molecule has 0 aliphatic carbocycles. The first-order valence-electron chi connectivity index (χ1n) is 7.36. The van der Waals surface area contributed by atoms with Crippen LogP contribution in [0, 0.1) is 0 Å². The van der Waals surface area contributed by atoms with E-state index in [-0.39, 0.29) is 10.8 Å². The van der Waals surface area contributed by atoms with Gasteiger partial charge in [-0.05, 0) is 32.0 Å². The Morgan fingerprint density at radius 1 is 1.32 bits per heavy atom. The Kier molecular flexibility index (Phi) is 8.96. The van der Waals surface area contributed by atoms with Gasteiger partial charge in [0.15, 0.2) is 5.11 Å². The van der Waals surface area contributed by atoms with Crippen molar-refractivity contribution in [2.75, 3.05) is 31.7 Å². The van der Waals surface area contributed by atoms with Crippen LogP contribution in [0.25, 0.3) is 0 Å². The number of thiocarbonyl (C=S) groups is 1. The second-order valence-electron chi connectivity index (χ2n) is 4.58. The second kappa shape index (κ2) is 10.5. The minimum atomic E-state index is -0.0246. The van der Waals surface area contributed by atoms with Gasteiger partial charge in [-0.25, -0.2) is 0 Å². The lowest BCUT2D eigenvalue weighted by atomic mass is 10.2. The topological polar surface area (TPSA) is 62.8 Å². The predicted molar refractivity (Wildman–Crippen MR) is 94.2 cm³/mol. The number of benzene rings is 1. The maximum absolute atomic E-state index is 9.69. The number of hydrogen-bond acceptors (Lipinski definition) is 4. The molecule has 3 N–H and O–H groups in total. The molecule has 0 amide bonds. The number of halogens is 1. The van der Waals surface area contributed by atoms with Gasteiger partial charge in [-0.1, -0.05) is 18.5 Å². The lowest BCUT2D eigenvalue weighted by molar-refractivity contribution is 0.133. The van der Waals surface area contributed by atoms with Crippen molar-refractivity contribution >= 4 is 34.6 Å². The van der Waals surface area contributed by atoms with Gasteiger partial charge in [0.25, 0.3) is 0 Å². The SMILES string of the molecule is CCCOCCCNC(=S)Nc1cc(O)c(Cl)cc1OCC. The Balaban J connectivity index is 2.48. The normalized spacial score (nSPS) is 10.3. The number of hydrogen-bond donors (Lipinski definition) is 3. The van der Waals surface area contributed by atoms with Crippen molar-refractivity contribution in [2.45, 2.75) is 26.7 Å². The van der Waals surface area contributed by atoms with Crippen molar-refractivity contribution in [1.29, 1.82) is 0 Å². The maximum Gasteiger partial charge on any atom is 0.170 e. The lowest BCUT2D eigenvalue weighted by Gasteiger charge is -2.15. The van der Waals surface area contributed by atoms with Gasteiger partial charge in [-0.3, -0.25) is 0 Å². The van der Waals surface area contributed by atoms with Gasteiger partial charge < -0.3 is 25.2 Å². The molecule has 0 atom stereocenters. The summed E-state index contributed by atoms with van der Waals surface area (Å²) in [5, 5.41) is 16.5. The maximum atomic E-state index is 9.69. The van der Waals surface area contributed by atoms with Crippen LogP contribution in [0.1, 0.15) is 26.7 Å². The molecule has 0 fully saturated rings. The van der Waals surface area contributed by atoms with Crippen LogP contribution in [-0.4, -0.2) is 36.6 Å². The molecule has 0 heterocycles. The van der Waals surface area contributed by atoms with E-state index >= 15 is 0 Å². The van der Waals surface area contributed by atoms with Crippen LogP contribution in [0.4, 0.5) is 5.69 Å². The van der Waals surface area contributed by atoms with Gasteiger partial charge in [-0.2, -0.15) is 0 Å². The molecule has 0 spiro atoms. The van der Waals surface area contributed by atoms with Crippen molar-refractivity contribution in [1.82, 2.24) is 5.32 Å². The number of anilines is 1. The van der Waals surface area contributed by atoms with E-state index in [0.29, 0.717) is 36.3 Å². The molecule has 0 saturated heterocycles. The van der Waals surface area contributed by atoms with E-state index in [0.717, 1.165) is 19.4 Å². The second-order valence-corrected chi connectivity index (χ2v) is 5.40. The van der Waals surface area contributed by atoms with Crippen molar-refractivity contribution in [2.24, 2.45) is 0 Å². The molecule has 1 rings (SSSR count). The number of aromatic hydroxyl groups is 1. The Hall–Kier alpha value is -1.24. The summed E-state index contributed by atoms with van der Waals surface area (Å²) in [6.45, 7) is 6.63. The van der Waals surface area contributed by atoms with Crippen molar-refractivity contribution < 1.29 is 14.6 Å². The summed E-state index contributed by atoms with van der Waals surface area (Å²) in [7, 11) is 0. The summed E-state index contributed by atoms with van der Waals surface area (Å²) >= 11 is 11.1. The summed E-state index contributed by atoms with van der Waals surface area (Å²) in [5.74, 6) is 0.518. The zero-order chi connectivity index (χ0) is 16.4. The van der Waals surface area contributed by atoms with Crippen LogP contribution in [0.2, 0.25) is 5.02 Å². The molecule has 0 bridgehead atoms. The van der Waals surface area contributed by atoms with Crippen molar-refractivity contribution in [3.63, 3.8) is 0 Å². The van der Waals surface area contributed by atoms with Crippen molar-refractivity contribution in [3.8, 4) is 11.5 Å². The molecule has 0 radical (unpaired) electrons. The predicted octanol–water partition coefficient (Wildman–Crippen LogP) is 3.55. The lowest BCUT2D eigenvalue weighted by Crippen LogP contribution is -2.30. The molecule has 1 aromatic carbocycles. The quantitative estimate of drug-likeness (QED) is 0.469. The van der Waals surface area contributed by atoms with E-state index in [2.05, 4.69) is 17.6 Å². The first kappa shape index (κ1) is 18.8. The first-order valence-corrected chi connectivity index (χ1v) is 8.15. The van der Waals surface area contributed by atoms with E-state index < -0.39 is 0 Å². The first-order chi connectivity index (χ1) is 10.6. The van der Waals surface area contributed by atoms with Gasteiger partial charge in [0.1, 0.15) is 11.5 Å². The van der Waals surface area contributed by atoms with Gasteiger partial charge >= 0.3 is 0 Å². The summed E-state index contributed by atoms with van der Waals surface area (Å²) in [5.41, 5.74) is 0.573. The third kappa shape index (κ3) is 6.68. The molecule has 124 valence electrons. The highest BCUT2D eigenvalue weighted by Gasteiger charge is 2.10.